The number of nitrogens with one attached hydrogen (secondary N) is 2. The van der Waals surface area contributed by atoms with Crippen molar-refractivity contribution in [3.05, 3.63) is 66.4 Å². The number of halogens is 1. The predicted octanol–water partition coefficient (Wildman–Crippen LogP) is 3.20. The second-order valence-corrected chi connectivity index (χ2v) is 4.37. The molecule has 0 spiro atoms. The first-order chi connectivity index (χ1) is 10.7. The lowest BCUT2D eigenvalue weighted by molar-refractivity contribution is 0.0996. The van der Waals surface area contributed by atoms with E-state index in [9.17, 15) is 9.18 Å². The van der Waals surface area contributed by atoms with E-state index in [1.807, 2.05) is 0 Å². The summed E-state index contributed by atoms with van der Waals surface area (Å²) in [4.78, 5) is 11.8. The minimum absolute atomic E-state index is 0.190. The first-order valence-electron chi connectivity index (χ1n) is 6.42. The van der Waals surface area contributed by atoms with Crippen LogP contribution in [-0.2, 0) is 0 Å². The summed E-state index contributed by atoms with van der Waals surface area (Å²) >= 11 is 0. The Morgan fingerprint density at radius 3 is 2.36 bits per heavy atom. The number of benzene rings is 1. The normalized spacial score (nSPS) is 10.2. The fourth-order valence-electron chi connectivity index (χ4n) is 1.73. The average molecular weight is 298 g/mol. The van der Waals surface area contributed by atoms with Crippen LogP contribution in [0.15, 0.2) is 59.2 Å². The van der Waals surface area contributed by atoms with Crippen LogP contribution in [0.4, 0.5) is 21.7 Å². The van der Waals surface area contributed by atoms with Crippen LogP contribution in [0.1, 0.15) is 10.6 Å². The summed E-state index contributed by atoms with van der Waals surface area (Å²) in [7, 11) is 0. The van der Waals surface area contributed by atoms with Gasteiger partial charge in [0.15, 0.2) is 17.4 Å². The van der Waals surface area contributed by atoms with Gasteiger partial charge in [-0.15, -0.1) is 10.2 Å². The van der Waals surface area contributed by atoms with Crippen molar-refractivity contribution in [2.24, 2.45) is 0 Å². The summed E-state index contributed by atoms with van der Waals surface area (Å²) in [6.07, 6.45) is 1.41. The van der Waals surface area contributed by atoms with Crippen molar-refractivity contribution in [1.82, 2.24) is 10.2 Å². The number of carbonyl (C=O) groups is 1. The Morgan fingerprint density at radius 2 is 1.73 bits per heavy atom. The lowest BCUT2D eigenvalue weighted by Crippen LogP contribution is -2.12. The van der Waals surface area contributed by atoms with Crippen LogP contribution in [-0.4, -0.2) is 16.1 Å². The number of anilines is 3. The van der Waals surface area contributed by atoms with E-state index in [1.165, 1.54) is 18.4 Å². The number of aromatic nitrogens is 2. The zero-order chi connectivity index (χ0) is 15.4. The molecule has 3 rings (SSSR count). The van der Waals surface area contributed by atoms with Crippen molar-refractivity contribution >= 4 is 23.2 Å². The van der Waals surface area contributed by atoms with Gasteiger partial charge in [-0.1, -0.05) is 0 Å². The lowest BCUT2D eigenvalue weighted by atomic mass is 10.3. The van der Waals surface area contributed by atoms with Gasteiger partial charge in [-0.05, 0) is 48.5 Å². The standard InChI is InChI=1S/C15H11FN4O2/c16-10-3-5-11(6-4-10)17-13-7-8-14(20-19-13)18-15(21)12-2-1-9-22-12/h1-9H,(H,17,19)(H,18,20,21). The monoisotopic (exact) mass is 298 g/mol. The van der Waals surface area contributed by atoms with Crippen LogP contribution >= 0.6 is 0 Å². The van der Waals surface area contributed by atoms with Crippen molar-refractivity contribution in [3.8, 4) is 0 Å². The fourth-order valence-corrected chi connectivity index (χ4v) is 1.73. The molecule has 22 heavy (non-hydrogen) atoms. The molecule has 2 aromatic heterocycles. The zero-order valence-electron chi connectivity index (χ0n) is 11.3. The Hall–Kier alpha value is -3.22. The third kappa shape index (κ3) is 3.26. The number of furan rings is 1. The molecule has 0 bridgehead atoms. The van der Waals surface area contributed by atoms with Crippen LogP contribution in [0.5, 0.6) is 0 Å². The highest BCUT2D eigenvalue weighted by Crippen LogP contribution is 2.15. The average Bonchev–Trinajstić information content (AvgIpc) is 3.06. The Labute approximate surface area is 125 Å². The van der Waals surface area contributed by atoms with E-state index in [0.29, 0.717) is 17.3 Å². The molecule has 0 saturated heterocycles. The number of carbonyl (C=O) groups excluding carboxylic acids is 1. The molecule has 3 aromatic rings. The van der Waals surface area contributed by atoms with E-state index in [0.717, 1.165) is 0 Å². The smallest absolute Gasteiger partial charge is 0.292 e. The van der Waals surface area contributed by atoms with Gasteiger partial charge in [-0.3, -0.25) is 4.79 Å². The van der Waals surface area contributed by atoms with Gasteiger partial charge in [-0.2, -0.15) is 0 Å². The largest absolute Gasteiger partial charge is 0.459 e. The van der Waals surface area contributed by atoms with Crippen molar-refractivity contribution in [2.75, 3.05) is 10.6 Å². The maximum Gasteiger partial charge on any atom is 0.292 e. The van der Waals surface area contributed by atoms with Crippen molar-refractivity contribution < 1.29 is 13.6 Å². The molecular formula is C15H11FN4O2. The highest BCUT2D eigenvalue weighted by Gasteiger charge is 2.09. The number of amides is 1. The summed E-state index contributed by atoms with van der Waals surface area (Å²) in [5.74, 6) is 0.246. The van der Waals surface area contributed by atoms with E-state index in [4.69, 9.17) is 4.42 Å². The second kappa shape index (κ2) is 6.04. The maximum absolute atomic E-state index is 12.8. The first-order valence-corrected chi connectivity index (χ1v) is 6.42. The summed E-state index contributed by atoms with van der Waals surface area (Å²) in [5, 5.41) is 13.3. The second-order valence-electron chi connectivity index (χ2n) is 4.37. The molecule has 0 aliphatic heterocycles. The summed E-state index contributed by atoms with van der Waals surface area (Å²) < 4.78 is 17.8. The first kappa shape index (κ1) is 13.7. The van der Waals surface area contributed by atoms with E-state index in [1.54, 1.807) is 36.4 Å². The molecular weight excluding hydrogens is 287 g/mol. The van der Waals surface area contributed by atoms with Gasteiger partial charge in [0.25, 0.3) is 5.91 Å². The number of nitrogens with zero attached hydrogens (tertiary/aromatic N) is 2. The van der Waals surface area contributed by atoms with Crippen LogP contribution < -0.4 is 10.6 Å². The lowest BCUT2D eigenvalue weighted by Gasteiger charge is -2.06. The fraction of sp³-hybridized carbons (Fsp3) is 0. The highest BCUT2D eigenvalue weighted by molar-refractivity contribution is 6.01. The molecule has 1 aromatic carbocycles. The highest BCUT2D eigenvalue weighted by atomic mass is 19.1. The van der Waals surface area contributed by atoms with Gasteiger partial charge in [0, 0.05) is 5.69 Å². The molecule has 0 unspecified atom stereocenters. The Kier molecular flexibility index (Phi) is 3.78. The third-order valence-corrected chi connectivity index (χ3v) is 2.77. The molecule has 0 aliphatic carbocycles. The molecule has 7 heteroatoms. The quantitative estimate of drug-likeness (QED) is 0.773. The number of hydrogen-bond donors (Lipinski definition) is 2. The van der Waals surface area contributed by atoms with Gasteiger partial charge >= 0.3 is 0 Å². The molecule has 110 valence electrons. The van der Waals surface area contributed by atoms with Crippen LogP contribution in [0, 0.1) is 5.82 Å². The van der Waals surface area contributed by atoms with Gasteiger partial charge in [0.05, 0.1) is 6.26 Å². The molecule has 0 saturated carbocycles. The van der Waals surface area contributed by atoms with Crippen molar-refractivity contribution in [1.29, 1.82) is 0 Å². The molecule has 2 N–H and O–H groups in total. The molecule has 0 aliphatic rings. The van der Waals surface area contributed by atoms with Crippen LogP contribution in [0.25, 0.3) is 0 Å². The predicted molar refractivity (Wildman–Crippen MR) is 78.4 cm³/mol. The van der Waals surface area contributed by atoms with E-state index in [2.05, 4.69) is 20.8 Å². The number of hydrogen-bond acceptors (Lipinski definition) is 5. The molecule has 6 nitrogen and oxygen atoms in total. The molecule has 0 atom stereocenters. The van der Waals surface area contributed by atoms with Crippen molar-refractivity contribution in [3.63, 3.8) is 0 Å². The van der Waals surface area contributed by atoms with Gasteiger partial charge in [0.1, 0.15) is 5.82 Å². The summed E-state index contributed by atoms with van der Waals surface area (Å²) in [6.45, 7) is 0. The SMILES string of the molecule is O=C(Nc1ccc(Nc2ccc(F)cc2)nn1)c1ccco1. The van der Waals surface area contributed by atoms with E-state index in [-0.39, 0.29) is 11.6 Å². The molecule has 0 radical (unpaired) electrons. The van der Waals surface area contributed by atoms with Gasteiger partial charge in [0.2, 0.25) is 0 Å². The Balaban J connectivity index is 1.65. The van der Waals surface area contributed by atoms with Gasteiger partial charge < -0.3 is 15.1 Å². The Morgan fingerprint density at radius 1 is 1.00 bits per heavy atom. The number of rotatable bonds is 4. The summed E-state index contributed by atoms with van der Waals surface area (Å²) in [6, 6.07) is 12.3. The van der Waals surface area contributed by atoms with Crippen LogP contribution in [0.2, 0.25) is 0 Å². The minimum Gasteiger partial charge on any atom is -0.459 e. The van der Waals surface area contributed by atoms with Gasteiger partial charge in [-0.25, -0.2) is 4.39 Å². The topological polar surface area (TPSA) is 80.0 Å². The van der Waals surface area contributed by atoms with Crippen LogP contribution in [0.3, 0.4) is 0 Å². The minimum atomic E-state index is -0.404. The summed E-state index contributed by atoms with van der Waals surface area (Å²) in [5.41, 5.74) is 0.683. The van der Waals surface area contributed by atoms with E-state index < -0.39 is 5.91 Å². The molecule has 1 amide bonds. The molecule has 0 fully saturated rings. The molecule has 2 heterocycles. The maximum atomic E-state index is 12.8. The third-order valence-electron chi connectivity index (χ3n) is 2.77. The Bertz CT molecular complexity index is 755. The van der Waals surface area contributed by atoms with Crippen molar-refractivity contribution in [2.45, 2.75) is 0 Å². The zero-order valence-corrected chi connectivity index (χ0v) is 11.3. The van der Waals surface area contributed by atoms with E-state index >= 15 is 0 Å².